The zero-order valence-corrected chi connectivity index (χ0v) is 32.0. The molecule has 5 fully saturated rings. The van der Waals surface area contributed by atoms with Crippen molar-refractivity contribution in [2.45, 2.75) is 118 Å². The average molecular weight is 693 g/mol. The second-order valence-corrected chi connectivity index (χ2v) is 20.9. The van der Waals surface area contributed by atoms with E-state index >= 15 is 0 Å². The summed E-state index contributed by atoms with van der Waals surface area (Å²) in [6.07, 6.45) is 15.6. The van der Waals surface area contributed by atoms with Gasteiger partial charge in [0.05, 0.1) is 11.3 Å². The molecule has 1 heterocycles. The van der Waals surface area contributed by atoms with Crippen LogP contribution in [0.15, 0.2) is 42.5 Å². The molecule has 0 amide bonds. The first-order valence-electron chi connectivity index (χ1n) is 19.5. The Morgan fingerprint density at radius 1 is 0.939 bits per heavy atom. The first kappa shape index (κ1) is 35.7. The number of benzene rings is 1. The van der Waals surface area contributed by atoms with Gasteiger partial charge in [-0.25, -0.2) is 9.10 Å². The third kappa shape index (κ3) is 5.37. The van der Waals surface area contributed by atoms with Crippen molar-refractivity contribution in [1.82, 2.24) is 9.62 Å². The van der Waals surface area contributed by atoms with E-state index in [1.807, 2.05) is 16.4 Å². The summed E-state index contributed by atoms with van der Waals surface area (Å²) in [4.78, 5) is 11.6. The molecule has 7 rings (SSSR count). The van der Waals surface area contributed by atoms with Gasteiger partial charge in [-0.15, -0.1) is 10.8 Å². The summed E-state index contributed by atoms with van der Waals surface area (Å²) in [5.74, 6) is 2.69. The Hall–Kier alpha value is -1.64. The van der Waals surface area contributed by atoms with Crippen molar-refractivity contribution in [3.63, 3.8) is 0 Å². The quantitative estimate of drug-likeness (QED) is 0.213. The van der Waals surface area contributed by atoms with Gasteiger partial charge in [-0.1, -0.05) is 65.0 Å². The summed E-state index contributed by atoms with van der Waals surface area (Å²) >= 11 is 0. The number of hydrogen-bond acceptors (Lipinski definition) is 5. The molecule has 0 unspecified atom stereocenters. The van der Waals surface area contributed by atoms with Gasteiger partial charge in [0.25, 0.3) is 0 Å². The lowest BCUT2D eigenvalue weighted by atomic mass is 9.33. The summed E-state index contributed by atoms with van der Waals surface area (Å²) in [6.45, 7) is 22.1. The zero-order valence-electron chi connectivity index (χ0n) is 31.2. The van der Waals surface area contributed by atoms with Crippen molar-refractivity contribution in [2.24, 2.45) is 51.2 Å². The summed E-state index contributed by atoms with van der Waals surface area (Å²) < 4.78 is 23.4. The molecule has 0 bridgehead atoms. The van der Waals surface area contributed by atoms with E-state index in [1.54, 1.807) is 12.1 Å². The lowest BCUT2D eigenvalue weighted by Crippen LogP contribution is -2.68. The molecule has 6 aliphatic rings. The Bertz CT molecular complexity index is 1500. The number of nitrogens with zero attached hydrogens (tertiary/aromatic N) is 1. The highest BCUT2D eigenvalue weighted by Gasteiger charge is 2.70. The summed E-state index contributed by atoms with van der Waals surface area (Å²) in [6, 6.07) is 7.59. The minimum absolute atomic E-state index is 0.00968. The molecule has 1 aliphatic heterocycles. The predicted octanol–water partition coefficient (Wildman–Crippen LogP) is 10.1. The van der Waals surface area contributed by atoms with Crippen LogP contribution in [0.2, 0.25) is 0 Å². The van der Waals surface area contributed by atoms with Crippen LogP contribution in [-0.4, -0.2) is 55.4 Å². The number of carboxylic acid groups (broad SMARTS) is 1. The molecule has 4 N–H and O–H groups in total. The highest BCUT2D eigenvalue weighted by Crippen LogP contribution is 2.76. The maximum Gasteiger partial charge on any atom is 0.335 e. The van der Waals surface area contributed by atoms with Crippen LogP contribution < -0.4 is 5.32 Å². The number of aromatic carboxylic acids is 1. The standard InChI is InChI=1S/C42H64N2O4S/c1-28(2)31-16-21-42(43-24-26-44-25-8-9-27-49(44,47)48)23-22-40(6)33(36(31)42)14-15-35-39(5)19-17-32(29-10-12-30(13-11-29)37(45)46)38(3,4)34(39)18-20-41(35,40)7/h10-13,17,31,33-36,43,47-48H,1,8-9,14-16,18-27H2,2-7H3,(H,45,46)/t31-,33+,34-,35+,36+,39-,40+,41+,42-/m0/s1. The first-order chi connectivity index (χ1) is 23.0. The van der Waals surface area contributed by atoms with Gasteiger partial charge in [0.15, 0.2) is 0 Å². The molecule has 4 saturated carbocycles. The van der Waals surface area contributed by atoms with Crippen LogP contribution in [0.25, 0.3) is 5.57 Å². The van der Waals surface area contributed by atoms with Crippen molar-refractivity contribution in [3.05, 3.63) is 53.6 Å². The Balaban J connectivity index is 1.16. The van der Waals surface area contributed by atoms with Crippen molar-refractivity contribution < 1.29 is 19.0 Å². The second-order valence-electron chi connectivity index (χ2n) is 18.7. The maximum atomic E-state index is 11.6. The molecule has 0 aromatic heterocycles. The van der Waals surface area contributed by atoms with Gasteiger partial charge in [-0.2, -0.15) is 0 Å². The lowest BCUT2D eigenvalue weighted by Gasteiger charge is -2.72. The Morgan fingerprint density at radius 3 is 2.35 bits per heavy atom. The van der Waals surface area contributed by atoms with Crippen LogP contribution in [0.5, 0.6) is 0 Å². The summed E-state index contributed by atoms with van der Waals surface area (Å²) in [7, 11) is -2.62. The van der Waals surface area contributed by atoms with Crippen LogP contribution >= 0.6 is 10.8 Å². The molecule has 0 spiro atoms. The number of nitrogens with one attached hydrogen (secondary N) is 1. The van der Waals surface area contributed by atoms with Gasteiger partial charge in [-0.05, 0) is 152 Å². The van der Waals surface area contributed by atoms with E-state index in [9.17, 15) is 19.0 Å². The fraction of sp³-hybridized carbons (Fsp3) is 0.738. The van der Waals surface area contributed by atoms with Crippen LogP contribution in [0.1, 0.15) is 128 Å². The molecule has 0 radical (unpaired) electrons. The van der Waals surface area contributed by atoms with Crippen molar-refractivity contribution in [2.75, 3.05) is 25.4 Å². The molecule has 1 saturated heterocycles. The van der Waals surface area contributed by atoms with Crippen molar-refractivity contribution in [1.29, 1.82) is 0 Å². The fourth-order valence-corrected chi connectivity index (χ4v) is 15.5. The molecule has 49 heavy (non-hydrogen) atoms. The second kappa shape index (κ2) is 12.2. The first-order valence-corrected chi connectivity index (χ1v) is 21.1. The summed E-state index contributed by atoms with van der Waals surface area (Å²) in [5, 5.41) is 13.6. The average Bonchev–Trinajstić information content (AvgIpc) is 3.42. The van der Waals surface area contributed by atoms with Gasteiger partial charge in [0.2, 0.25) is 0 Å². The van der Waals surface area contributed by atoms with E-state index in [-0.39, 0.29) is 27.2 Å². The predicted molar refractivity (Wildman–Crippen MR) is 203 cm³/mol. The van der Waals surface area contributed by atoms with Crippen LogP contribution in [0, 0.1) is 51.2 Å². The zero-order chi connectivity index (χ0) is 35.2. The van der Waals surface area contributed by atoms with E-state index < -0.39 is 16.7 Å². The van der Waals surface area contributed by atoms with E-state index in [4.69, 9.17) is 0 Å². The SMILES string of the molecule is C=C(C)[C@@H]1CC[C@]2(NCCN3CCCCS3(O)O)CC[C@]3(C)[C@H](CC[C@@H]4[C@@]5(C)CC=C(c6ccc(C(=O)O)cc6)C(C)(C)[C@@H]5CC[C@]43C)[C@@H]12. The lowest BCUT2D eigenvalue weighted by molar-refractivity contribution is -0.219. The van der Waals surface area contributed by atoms with Crippen molar-refractivity contribution >= 4 is 22.3 Å². The third-order valence-electron chi connectivity index (χ3n) is 16.4. The normalized spacial score (nSPS) is 43.3. The Morgan fingerprint density at radius 2 is 1.67 bits per heavy atom. The smallest absolute Gasteiger partial charge is 0.335 e. The van der Waals surface area contributed by atoms with E-state index in [2.05, 4.69) is 59.5 Å². The van der Waals surface area contributed by atoms with Gasteiger partial charge in [0.1, 0.15) is 0 Å². The molecule has 9 atom stereocenters. The largest absolute Gasteiger partial charge is 0.478 e. The number of fused-ring (bicyclic) bond motifs is 7. The van der Waals surface area contributed by atoms with Crippen molar-refractivity contribution in [3.8, 4) is 0 Å². The van der Waals surface area contributed by atoms with Crippen LogP contribution in [-0.2, 0) is 0 Å². The van der Waals surface area contributed by atoms with Gasteiger partial charge < -0.3 is 10.4 Å². The summed E-state index contributed by atoms with van der Waals surface area (Å²) in [5.41, 5.74) is 5.15. The Kier molecular flexibility index (Phi) is 8.91. The number of allylic oxidation sites excluding steroid dienone is 3. The fourth-order valence-electron chi connectivity index (χ4n) is 13.9. The molecule has 6 nitrogen and oxygen atoms in total. The minimum Gasteiger partial charge on any atom is -0.478 e. The van der Waals surface area contributed by atoms with Crippen LogP contribution in [0.3, 0.4) is 0 Å². The molecular formula is C42H64N2O4S. The monoisotopic (exact) mass is 692 g/mol. The van der Waals surface area contributed by atoms with E-state index in [1.165, 1.54) is 68.1 Å². The molecule has 1 aromatic carbocycles. The molecule has 5 aliphatic carbocycles. The van der Waals surface area contributed by atoms with Gasteiger partial charge >= 0.3 is 5.97 Å². The Labute approximate surface area is 298 Å². The number of carboxylic acids is 1. The highest BCUT2D eigenvalue weighted by atomic mass is 32.3. The molecular weight excluding hydrogens is 629 g/mol. The van der Waals surface area contributed by atoms with Crippen LogP contribution in [0.4, 0.5) is 0 Å². The molecule has 1 aromatic rings. The maximum absolute atomic E-state index is 11.6. The van der Waals surface area contributed by atoms with E-state index in [0.29, 0.717) is 47.5 Å². The highest BCUT2D eigenvalue weighted by molar-refractivity contribution is 8.22. The number of carbonyl (C=O) groups is 1. The third-order valence-corrected chi connectivity index (χ3v) is 18.4. The number of rotatable bonds is 7. The minimum atomic E-state index is -2.62. The van der Waals surface area contributed by atoms with Gasteiger partial charge in [-0.3, -0.25) is 9.11 Å². The van der Waals surface area contributed by atoms with E-state index in [0.717, 1.165) is 32.4 Å². The molecule has 7 heteroatoms. The topological polar surface area (TPSA) is 93.0 Å². The molecule has 272 valence electrons. The van der Waals surface area contributed by atoms with Gasteiger partial charge in [0, 0.05) is 25.2 Å². The number of hydrogen-bond donors (Lipinski definition) is 4.